The zero-order valence-electron chi connectivity index (χ0n) is 11.4. The van der Waals surface area contributed by atoms with E-state index in [0.29, 0.717) is 19.2 Å². The summed E-state index contributed by atoms with van der Waals surface area (Å²) in [5.41, 5.74) is 5.62. The van der Waals surface area contributed by atoms with Crippen LogP contribution in [-0.4, -0.2) is 44.6 Å². The van der Waals surface area contributed by atoms with Crippen molar-refractivity contribution in [3.8, 4) is 12.0 Å². The van der Waals surface area contributed by atoms with Crippen molar-refractivity contribution in [3.63, 3.8) is 0 Å². The van der Waals surface area contributed by atoms with Gasteiger partial charge in [-0.15, -0.1) is 0 Å². The predicted octanol–water partition coefficient (Wildman–Crippen LogP) is 0.835. The number of nitrogen functional groups attached to an aromatic ring is 1. The largest absolute Gasteiger partial charge is 0.461 e. The van der Waals surface area contributed by atoms with Gasteiger partial charge in [0.1, 0.15) is 6.61 Å². The molecule has 20 heavy (non-hydrogen) atoms. The van der Waals surface area contributed by atoms with E-state index in [2.05, 4.69) is 27.0 Å². The molecule has 0 aliphatic rings. The molecule has 0 bridgehead atoms. The highest BCUT2D eigenvalue weighted by Crippen LogP contribution is 2.08. The van der Waals surface area contributed by atoms with Crippen LogP contribution in [0.1, 0.15) is 19.8 Å². The molecular weight excluding hydrogens is 260 g/mol. The minimum atomic E-state index is 0.0902. The maximum atomic E-state index is 5.62. The van der Waals surface area contributed by atoms with Crippen molar-refractivity contribution in [1.29, 1.82) is 0 Å². The van der Waals surface area contributed by atoms with E-state index >= 15 is 0 Å². The first-order valence-electron chi connectivity index (χ1n) is 6.51. The number of nitrogens with two attached hydrogens (primary N) is 1. The second-order valence-electron chi connectivity index (χ2n) is 4.04. The number of unbranched alkanes of at least 4 members (excludes halogenated alkanes) is 1. The first kappa shape index (κ1) is 14.2. The van der Waals surface area contributed by atoms with Gasteiger partial charge in [-0.1, -0.05) is 13.3 Å². The van der Waals surface area contributed by atoms with Crippen LogP contribution in [0, 0.1) is 0 Å². The van der Waals surface area contributed by atoms with Gasteiger partial charge in [-0.2, -0.15) is 20.1 Å². The molecule has 2 heterocycles. The van der Waals surface area contributed by atoms with Gasteiger partial charge in [-0.05, 0) is 12.5 Å². The Labute approximate surface area is 117 Å². The van der Waals surface area contributed by atoms with Crippen molar-refractivity contribution in [2.45, 2.75) is 19.8 Å². The summed E-state index contributed by atoms with van der Waals surface area (Å²) < 4.78 is 12.3. The molecular formula is C12H18N6O2. The van der Waals surface area contributed by atoms with Crippen molar-refractivity contribution in [3.05, 3.63) is 18.5 Å². The molecule has 0 aliphatic carbocycles. The molecule has 0 saturated heterocycles. The summed E-state index contributed by atoms with van der Waals surface area (Å²) in [6.45, 7) is 3.70. The molecule has 0 amide bonds. The second kappa shape index (κ2) is 7.39. The summed E-state index contributed by atoms with van der Waals surface area (Å²) in [7, 11) is 0. The van der Waals surface area contributed by atoms with Gasteiger partial charge in [-0.3, -0.25) is 0 Å². The van der Waals surface area contributed by atoms with Crippen molar-refractivity contribution < 1.29 is 9.47 Å². The average Bonchev–Trinajstić information content (AvgIpc) is 2.96. The topological polar surface area (TPSA) is 101 Å². The second-order valence-corrected chi connectivity index (χ2v) is 4.04. The number of nitrogens with zero attached hydrogens (tertiary/aromatic N) is 5. The van der Waals surface area contributed by atoms with Crippen LogP contribution in [0.15, 0.2) is 18.5 Å². The standard InChI is InChI=1S/C12H18N6O2/c1-2-3-7-19-8-9-20-12-16-10(13)15-11(17-12)18-6-4-5-14-18/h4-6H,2-3,7-9H2,1H3,(H2,13,15,16,17). The molecule has 0 atom stereocenters. The van der Waals surface area contributed by atoms with E-state index in [0.717, 1.165) is 19.4 Å². The highest BCUT2D eigenvalue weighted by molar-refractivity contribution is 5.24. The van der Waals surface area contributed by atoms with Gasteiger partial charge in [0.05, 0.1) is 6.61 Å². The zero-order valence-corrected chi connectivity index (χ0v) is 11.4. The molecule has 8 heteroatoms. The van der Waals surface area contributed by atoms with Crippen molar-refractivity contribution >= 4 is 5.95 Å². The van der Waals surface area contributed by atoms with E-state index in [1.54, 1.807) is 18.5 Å². The Morgan fingerprint density at radius 2 is 2.10 bits per heavy atom. The average molecular weight is 278 g/mol. The number of rotatable bonds is 8. The van der Waals surface area contributed by atoms with E-state index < -0.39 is 0 Å². The minimum Gasteiger partial charge on any atom is -0.461 e. The highest BCUT2D eigenvalue weighted by Gasteiger charge is 2.07. The van der Waals surface area contributed by atoms with Crippen LogP contribution in [0.25, 0.3) is 5.95 Å². The van der Waals surface area contributed by atoms with Crippen molar-refractivity contribution in [2.24, 2.45) is 0 Å². The Morgan fingerprint density at radius 1 is 1.20 bits per heavy atom. The first-order chi connectivity index (χ1) is 9.79. The number of aromatic nitrogens is 5. The van der Waals surface area contributed by atoms with E-state index in [1.807, 2.05) is 0 Å². The van der Waals surface area contributed by atoms with Gasteiger partial charge in [0.2, 0.25) is 5.95 Å². The molecule has 2 N–H and O–H groups in total. The monoisotopic (exact) mass is 278 g/mol. The summed E-state index contributed by atoms with van der Waals surface area (Å²) in [5, 5.41) is 4.03. The molecule has 2 aromatic heterocycles. The summed E-state index contributed by atoms with van der Waals surface area (Å²) >= 11 is 0. The summed E-state index contributed by atoms with van der Waals surface area (Å²) in [5.74, 6) is 0.414. The SMILES string of the molecule is CCCCOCCOc1nc(N)nc(-n2cccn2)n1. The lowest BCUT2D eigenvalue weighted by molar-refractivity contribution is 0.0947. The Bertz CT molecular complexity index is 517. The van der Waals surface area contributed by atoms with Gasteiger partial charge >= 0.3 is 6.01 Å². The Balaban J connectivity index is 1.88. The zero-order chi connectivity index (χ0) is 14.2. The van der Waals surface area contributed by atoms with Crippen LogP contribution in [0.2, 0.25) is 0 Å². The van der Waals surface area contributed by atoms with Crippen LogP contribution in [-0.2, 0) is 4.74 Å². The van der Waals surface area contributed by atoms with Crippen molar-refractivity contribution in [1.82, 2.24) is 24.7 Å². The number of hydrogen-bond acceptors (Lipinski definition) is 7. The molecule has 2 aromatic rings. The first-order valence-corrected chi connectivity index (χ1v) is 6.51. The van der Waals surface area contributed by atoms with Crippen LogP contribution in [0.3, 0.4) is 0 Å². The van der Waals surface area contributed by atoms with E-state index in [-0.39, 0.29) is 12.0 Å². The smallest absolute Gasteiger partial charge is 0.323 e. The van der Waals surface area contributed by atoms with Gasteiger partial charge in [-0.25, -0.2) is 4.68 Å². The molecule has 0 radical (unpaired) electrons. The van der Waals surface area contributed by atoms with Crippen molar-refractivity contribution in [2.75, 3.05) is 25.6 Å². The third-order valence-corrected chi connectivity index (χ3v) is 2.43. The molecule has 0 aromatic carbocycles. The number of ether oxygens (including phenoxy) is 2. The lowest BCUT2D eigenvalue weighted by Gasteiger charge is -2.07. The Morgan fingerprint density at radius 3 is 2.85 bits per heavy atom. The maximum Gasteiger partial charge on any atom is 0.323 e. The quantitative estimate of drug-likeness (QED) is 0.714. The fraction of sp³-hybridized carbons (Fsp3) is 0.500. The van der Waals surface area contributed by atoms with Crippen LogP contribution in [0.4, 0.5) is 5.95 Å². The fourth-order valence-electron chi connectivity index (χ4n) is 1.46. The Kier molecular flexibility index (Phi) is 5.24. The lowest BCUT2D eigenvalue weighted by Crippen LogP contribution is -2.12. The van der Waals surface area contributed by atoms with E-state index in [9.17, 15) is 0 Å². The molecule has 0 fully saturated rings. The molecule has 0 saturated carbocycles. The molecule has 108 valence electrons. The van der Waals surface area contributed by atoms with Crippen LogP contribution < -0.4 is 10.5 Å². The van der Waals surface area contributed by atoms with Gasteiger partial charge in [0, 0.05) is 19.0 Å². The third-order valence-electron chi connectivity index (χ3n) is 2.43. The maximum absolute atomic E-state index is 5.62. The molecule has 0 aliphatic heterocycles. The van der Waals surface area contributed by atoms with Crippen LogP contribution >= 0.6 is 0 Å². The predicted molar refractivity (Wildman–Crippen MR) is 72.6 cm³/mol. The molecule has 2 rings (SSSR count). The van der Waals surface area contributed by atoms with Gasteiger partial charge in [0.15, 0.2) is 0 Å². The third kappa shape index (κ3) is 4.16. The number of hydrogen-bond donors (Lipinski definition) is 1. The number of anilines is 1. The van der Waals surface area contributed by atoms with Gasteiger partial charge in [0.25, 0.3) is 5.95 Å². The highest BCUT2D eigenvalue weighted by atomic mass is 16.5. The Hall–Kier alpha value is -2.22. The van der Waals surface area contributed by atoms with E-state index in [4.69, 9.17) is 15.2 Å². The summed E-state index contributed by atoms with van der Waals surface area (Å²) in [6.07, 6.45) is 5.49. The summed E-state index contributed by atoms with van der Waals surface area (Å²) in [6, 6.07) is 1.93. The van der Waals surface area contributed by atoms with E-state index in [1.165, 1.54) is 4.68 Å². The summed E-state index contributed by atoms with van der Waals surface area (Å²) in [4.78, 5) is 12.0. The van der Waals surface area contributed by atoms with Crippen LogP contribution in [0.5, 0.6) is 6.01 Å². The minimum absolute atomic E-state index is 0.0902. The van der Waals surface area contributed by atoms with Gasteiger partial charge < -0.3 is 15.2 Å². The normalized spacial score (nSPS) is 10.7. The molecule has 8 nitrogen and oxygen atoms in total. The molecule has 0 spiro atoms. The molecule has 0 unspecified atom stereocenters. The fourth-order valence-corrected chi connectivity index (χ4v) is 1.46. The lowest BCUT2D eigenvalue weighted by atomic mass is 10.4.